The fourth-order valence-electron chi connectivity index (χ4n) is 2.75. The first-order valence-electron chi connectivity index (χ1n) is 9.56. The summed E-state index contributed by atoms with van der Waals surface area (Å²) in [7, 11) is 0. The lowest BCUT2D eigenvalue weighted by Crippen LogP contribution is -2.42. The van der Waals surface area contributed by atoms with Gasteiger partial charge >= 0.3 is 0 Å². The Hall–Kier alpha value is -3.66. The fourth-order valence-corrected chi connectivity index (χ4v) is 3.56. The standard InChI is InChI=1S/C21H22N6O3S/c1-3-27-19(15-9-11-17(12-10-15)22-14(2)28)24-26-21(27)31-13-18(29)23-25-20(30)16-7-5-4-6-8-16/h4-12H,3,13H2,1-2H3,(H,22,28)(H,23,29)(H,25,30). The number of hydrazine groups is 1. The van der Waals surface area contributed by atoms with Crippen LogP contribution in [0.5, 0.6) is 0 Å². The maximum atomic E-state index is 12.1. The average molecular weight is 439 g/mol. The molecule has 0 spiro atoms. The second-order valence-electron chi connectivity index (χ2n) is 6.47. The lowest BCUT2D eigenvalue weighted by atomic mass is 10.2. The third-order valence-electron chi connectivity index (χ3n) is 4.18. The number of hydrogen-bond acceptors (Lipinski definition) is 6. The van der Waals surface area contributed by atoms with Gasteiger partial charge in [0.2, 0.25) is 11.8 Å². The largest absolute Gasteiger partial charge is 0.326 e. The van der Waals surface area contributed by atoms with Gasteiger partial charge in [0.15, 0.2) is 11.0 Å². The molecule has 0 radical (unpaired) electrons. The summed E-state index contributed by atoms with van der Waals surface area (Å²) in [5.41, 5.74) is 6.78. The molecule has 0 aliphatic heterocycles. The molecule has 3 aromatic rings. The van der Waals surface area contributed by atoms with Crippen LogP contribution in [0.15, 0.2) is 59.8 Å². The molecular weight excluding hydrogens is 416 g/mol. The molecule has 0 fully saturated rings. The first-order valence-corrected chi connectivity index (χ1v) is 10.5. The van der Waals surface area contributed by atoms with Gasteiger partial charge in [0.05, 0.1) is 5.75 Å². The van der Waals surface area contributed by atoms with Crippen LogP contribution in [0, 0.1) is 0 Å². The number of nitrogens with one attached hydrogen (secondary N) is 3. The zero-order valence-electron chi connectivity index (χ0n) is 17.1. The summed E-state index contributed by atoms with van der Waals surface area (Å²) in [6.07, 6.45) is 0. The third-order valence-corrected chi connectivity index (χ3v) is 5.15. The van der Waals surface area contributed by atoms with E-state index in [4.69, 9.17) is 0 Å². The maximum absolute atomic E-state index is 12.1. The average Bonchev–Trinajstić information content (AvgIpc) is 3.19. The number of thioether (sulfide) groups is 1. The highest BCUT2D eigenvalue weighted by molar-refractivity contribution is 7.99. The lowest BCUT2D eigenvalue weighted by molar-refractivity contribution is -0.119. The Morgan fingerprint density at radius 1 is 0.968 bits per heavy atom. The Balaban J connectivity index is 1.58. The molecule has 3 rings (SSSR count). The van der Waals surface area contributed by atoms with Crippen LogP contribution in [-0.4, -0.2) is 38.2 Å². The minimum Gasteiger partial charge on any atom is -0.326 e. The molecule has 0 bridgehead atoms. The summed E-state index contributed by atoms with van der Waals surface area (Å²) in [4.78, 5) is 35.3. The Bertz CT molecular complexity index is 1070. The van der Waals surface area contributed by atoms with Crippen LogP contribution in [-0.2, 0) is 16.1 Å². The predicted molar refractivity (Wildman–Crippen MR) is 118 cm³/mol. The van der Waals surface area contributed by atoms with Crippen molar-refractivity contribution in [2.24, 2.45) is 0 Å². The number of aromatic nitrogens is 3. The SMILES string of the molecule is CCn1c(SCC(=O)NNC(=O)c2ccccc2)nnc1-c1ccc(NC(C)=O)cc1. The van der Waals surface area contributed by atoms with Gasteiger partial charge in [0, 0.05) is 30.3 Å². The van der Waals surface area contributed by atoms with Crippen molar-refractivity contribution in [3.63, 3.8) is 0 Å². The summed E-state index contributed by atoms with van der Waals surface area (Å²) in [5, 5.41) is 11.7. The van der Waals surface area contributed by atoms with E-state index in [1.165, 1.54) is 18.7 Å². The van der Waals surface area contributed by atoms with Crippen molar-refractivity contribution in [2.45, 2.75) is 25.5 Å². The van der Waals surface area contributed by atoms with Gasteiger partial charge in [-0.3, -0.25) is 25.2 Å². The van der Waals surface area contributed by atoms with Crippen LogP contribution >= 0.6 is 11.8 Å². The van der Waals surface area contributed by atoms with Crippen molar-refractivity contribution in [2.75, 3.05) is 11.1 Å². The summed E-state index contributed by atoms with van der Waals surface area (Å²) in [5.74, 6) is -0.158. The second-order valence-corrected chi connectivity index (χ2v) is 7.41. The molecule has 2 aromatic carbocycles. The Morgan fingerprint density at radius 3 is 2.32 bits per heavy atom. The van der Waals surface area contributed by atoms with Crippen molar-refractivity contribution in [1.82, 2.24) is 25.6 Å². The Kier molecular flexibility index (Phi) is 7.39. The number of rotatable bonds is 7. The molecule has 0 saturated heterocycles. The van der Waals surface area contributed by atoms with Gasteiger partial charge in [-0.05, 0) is 43.3 Å². The van der Waals surface area contributed by atoms with Crippen molar-refractivity contribution in [3.05, 3.63) is 60.2 Å². The van der Waals surface area contributed by atoms with E-state index < -0.39 is 0 Å². The highest BCUT2D eigenvalue weighted by Crippen LogP contribution is 2.25. The van der Waals surface area contributed by atoms with Gasteiger partial charge < -0.3 is 9.88 Å². The van der Waals surface area contributed by atoms with Crippen LogP contribution in [0.25, 0.3) is 11.4 Å². The normalized spacial score (nSPS) is 10.4. The number of nitrogens with zero attached hydrogens (tertiary/aromatic N) is 3. The van der Waals surface area contributed by atoms with Gasteiger partial charge in [-0.1, -0.05) is 30.0 Å². The van der Waals surface area contributed by atoms with Crippen LogP contribution in [0.3, 0.4) is 0 Å². The molecule has 1 heterocycles. The van der Waals surface area contributed by atoms with Crippen LogP contribution in [0.1, 0.15) is 24.2 Å². The zero-order valence-corrected chi connectivity index (χ0v) is 17.9. The Morgan fingerprint density at radius 2 is 1.68 bits per heavy atom. The van der Waals surface area contributed by atoms with Crippen molar-refractivity contribution in [3.8, 4) is 11.4 Å². The zero-order chi connectivity index (χ0) is 22.2. The molecule has 0 unspecified atom stereocenters. The molecule has 0 aliphatic rings. The summed E-state index contributed by atoms with van der Waals surface area (Å²) in [6, 6.07) is 15.9. The lowest BCUT2D eigenvalue weighted by Gasteiger charge is -2.09. The van der Waals surface area contributed by atoms with Gasteiger partial charge in [-0.25, -0.2) is 0 Å². The molecule has 9 nitrogen and oxygen atoms in total. The van der Waals surface area contributed by atoms with E-state index in [1.807, 2.05) is 29.7 Å². The fraction of sp³-hybridized carbons (Fsp3) is 0.190. The van der Waals surface area contributed by atoms with Gasteiger partial charge in [-0.2, -0.15) is 0 Å². The van der Waals surface area contributed by atoms with Crippen molar-refractivity contribution < 1.29 is 14.4 Å². The van der Waals surface area contributed by atoms with Gasteiger partial charge in [0.25, 0.3) is 5.91 Å². The number of hydrogen-bond donors (Lipinski definition) is 3. The minimum absolute atomic E-state index is 0.0642. The number of benzene rings is 2. The summed E-state index contributed by atoms with van der Waals surface area (Å²) in [6.45, 7) is 4.03. The minimum atomic E-state index is -0.388. The van der Waals surface area contributed by atoms with Crippen LogP contribution in [0.4, 0.5) is 5.69 Å². The summed E-state index contributed by atoms with van der Waals surface area (Å²) >= 11 is 1.22. The number of carbonyl (C=O) groups is 3. The van der Waals surface area contributed by atoms with E-state index in [0.717, 1.165) is 5.56 Å². The van der Waals surface area contributed by atoms with E-state index in [2.05, 4.69) is 26.4 Å². The third kappa shape index (κ3) is 5.92. The molecule has 1 aromatic heterocycles. The quantitative estimate of drug-likeness (QED) is 0.385. The molecule has 0 saturated carbocycles. The van der Waals surface area contributed by atoms with E-state index in [1.54, 1.807) is 36.4 Å². The van der Waals surface area contributed by atoms with E-state index in [0.29, 0.717) is 28.8 Å². The number of anilines is 1. The van der Waals surface area contributed by atoms with Gasteiger partial charge in [-0.15, -0.1) is 10.2 Å². The topological polar surface area (TPSA) is 118 Å². The monoisotopic (exact) mass is 438 g/mol. The molecule has 3 N–H and O–H groups in total. The second kappa shape index (κ2) is 10.4. The maximum Gasteiger partial charge on any atom is 0.269 e. The van der Waals surface area contributed by atoms with E-state index in [-0.39, 0.29) is 23.5 Å². The van der Waals surface area contributed by atoms with Crippen molar-refractivity contribution in [1.29, 1.82) is 0 Å². The molecular formula is C21H22N6O3S. The first kappa shape index (κ1) is 22.0. The van der Waals surface area contributed by atoms with E-state index in [9.17, 15) is 14.4 Å². The number of carbonyl (C=O) groups excluding carboxylic acids is 3. The first-order chi connectivity index (χ1) is 15.0. The molecule has 0 aliphatic carbocycles. The molecule has 160 valence electrons. The molecule has 3 amide bonds. The highest BCUT2D eigenvalue weighted by atomic mass is 32.2. The number of amides is 3. The highest BCUT2D eigenvalue weighted by Gasteiger charge is 2.15. The molecule has 10 heteroatoms. The van der Waals surface area contributed by atoms with Gasteiger partial charge in [0.1, 0.15) is 0 Å². The summed E-state index contributed by atoms with van der Waals surface area (Å²) < 4.78 is 1.90. The van der Waals surface area contributed by atoms with Crippen LogP contribution in [0.2, 0.25) is 0 Å². The predicted octanol–water partition coefficient (Wildman–Crippen LogP) is 2.48. The van der Waals surface area contributed by atoms with E-state index >= 15 is 0 Å². The molecule has 0 atom stereocenters. The van der Waals surface area contributed by atoms with Crippen LogP contribution < -0.4 is 16.2 Å². The van der Waals surface area contributed by atoms with Crippen molar-refractivity contribution >= 4 is 35.2 Å². The smallest absolute Gasteiger partial charge is 0.269 e. The molecule has 31 heavy (non-hydrogen) atoms. The Labute approximate surface area is 183 Å².